The van der Waals surface area contributed by atoms with Crippen molar-refractivity contribution in [3.05, 3.63) is 48.3 Å². The quantitative estimate of drug-likeness (QED) is 0.398. The van der Waals surface area contributed by atoms with Gasteiger partial charge in [-0.15, -0.1) is 0 Å². The number of nitrogens with zero attached hydrogens (tertiary/aromatic N) is 4. The van der Waals surface area contributed by atoms with Crippen LogP contribution >= 0.6 is 0 Å². The number of fused-ring (bicyclic) bond motifs is 1. The van der Waals surface area contributed by atoms with Crippen molar-refractivity contribution in [2.75, 3.05) is 18.9 Å². The zero-order valence-corrected chi connectivity index (χ0v) is 18.1. The molecule has 13 heteroatoms. The highest BCUT2D eigenvalue weighted by Gasteiger charge is 2.22. The van der Waals surface area contributed by atoms with E-state index >= 15 is 0 Å². The summed E-state index contributed by atoms with van der Waals surface area (Å²) in [6, 6.07) is 2.71. The lowest BCUT2D eigenvalue weighted by Crippen LogP contribution is -2.12. The standard InChI is InChI=1S/C20H17F3N6O3S/c1-31-18-11(7-15(22)23)19(32-2)28-20(27-18)29-33(30)14-9-26-17-10(14)3-4-12(21)16(17)13-8-24-5-6-25-13/h3-6,8-9,15,26H,7H2,1-2H3,(H,27,28,29). The predicted molar refractivity (Wildman–Crippen MR) is 114 cm³/mol. The van der Waals surface area contributed by atoms with E-state index in [2.05, 4.69) is 29.6 Å². The maximum absolute atomic E-state index is 14.6. The molecule has 172 valence electrons. The topological polar surface area (TPSA) is 115 Å². The molecule has 3 aromatic heterocycles. The number of hydrogen-bond acceptors (Lipinski definition) is 7. The summed E-state index contributed by atoms with van der Waals surface area (Å²) in [5, 5.41) is 0.469. The third-order valence-corrected chi connectivity index (χ3v) is 5.75. The van der Waals surface area contributed by atoms with E-state index in [-0.39, 0.29) is 33.7 Å². The second kappa shape index (κ2) is 9.40. The number of ether oxygens (including phenoxy) is 2. The second-order valence-electron chi connectivity index (χ2n) is 6.60. The van der Waals surface area contributed by atoms with Crippen LogP contribution < -0.4 is 14.2 Å². The molecule has 3 heterocycles. The number of anilines is 1. The molecule has 4 rings (SSSR count). The van der Waals surface area contributed by atoms with Crippen molar-refractivity contribution >= 4 is 27.8 Å². The van der Waals surface area contributed by atoms with Gasteiger partial charge in [-0.1, -0.05) is 0 Å². The normalized spacial score (nSPS) is 12.2. The fraction of sp³-hybridized carbons (Fsp3) is 0.200. The molecule has 0 amide bonds. The maximum Gasteiger partial charge on any atom is 0.243 e. The van der Waals surface area contributed by atoms with Gasteiger partial charge in [0.15, 0.2) is 11.0 Å². The van der Waals surface area contributed by atoms with Gasteiger partial charge in [0, 0.05) is 30.4 Å². The molecule has 1 aromatic carbocycles. The van der Waals surface area contributed by atoms with E-state index in [9.17, 15) is 17.4 Å². The minimum Gasteiger partial charge on any atom is -0.481 e. The van der Waals surface area contributed by atoms with Gasteiger partial charge in [0.25, 0.3) is 0 Å². The van der Waals surface area contributed by atoms with Gasteiger partial charge in [-0.25, -0.2) is 17.4 Å². The summed E-state index contributed by atoms with van der Waals surface area (Å²) in [4.78, 5) is 19.4. The van der Waals surface area contributed by atoms with Gasteiger partial charge < -0.3 is 14.5 Å². The van der Waals surface area contributed by atoms with Crippen molar-refractivity contribution in [2.24, 2.45) is 0 Å². The molecule has 33 heavy (non-hydrogen) atoms. The predicted octanol–water partition coefficient (Wildman–Crippen LogP) is 3.51. The van der Waals surface area contributed by atoms with Gasteiger partial charge in [-0.2, -0.15) is 9.97 Å². The lowest BCUT2D eigenvalue weighted by molar-refractivity contribution is 0.146. The molecule has 0 aliphatic carbocycles. The van der Waals surface area contributed by atoms with Gasteiger partial charge >= 0.3 is 0 Å². The lowest BCUT2D eigenvalue weighted by Gasteiger charge is -2.13. The van der Waals surface area contributed by atoms with Gasteiger partial charge in [-0.05, 0) is 12.1 Å². The van der Waals surface area contributed by atoms with Crippen molar-refractivity contribution in [1.29, 1.82) is 0 Å². The number of halogens is 3. The summed E-state index contributed by atoms with van der Waals surface area (Å²) < 4.78 is 66.2. The van der Waals surface area contributed by atoms with Gasteiger partial charge in [0.2, 0.25) is 24.1 Å². The van der Waals surface area contributed by atoms with Crippen molar-refractivity contribution < 1.29 is 26.9 Å². The van der Waals surface area contributed by atoms with E-state index in [1.54, 1.807) is 0 Å². The third-order valence-electron chi connectivity index (χ3n) is 4.65. The van der Waals surface area contributed by atoms with Crippen LogP contribution in [0.25, 0.3) is 22.2 Å². The van der Waals surface area contributed by atoms with Gasteiger partial charge in [-0.3, -0.25) is 14.7 Å². The first-order chi connectivity index (χ1) is 15.9. The Balaban J connectivity index is 1.71. The highest BCUT2D eigenvalue weighted by atomic mass is 32.2. The number of hydrogen-bond donors (Lipinski definition) is 2. The number of alkyl halides is 2. The Labute approximate surface area is 188 Å². The molecule has 1 unspecified atom stereocenters. The number of methoxy groups -OCH3 is 2. The smallest absolute Gasteiger partial charge is 0.243 e. The van der Waals surface area contributed by atoms with Crippen LogP contribution in [0.15, 0.2) is 41.8 Å². The Morgan fingerprint density at radius 3 is 2.48 bits per heavy atom. The Hall–Kier alpha value is -3.74. The van der Waals surface area contributed by atoms with Crippen LogP contribution in [0, 0.1) is 5.82 Å². The van der Waals surface area contributed by atoms with Crippen LogP contribution in [0.2, 0.25) is 0 Å². The first-order valence-corrected chi connectivity index (χ1v) is 10.6. The molecule has 0 aliphatic rings. The fourth-order valence-electron chi connectivity index (χ4n) is 3.27. The van der Waals surface area contributed by atoms with Crippen molar-refractivity contribution in [1.82, 2.24) is 24.9 Å². The van der Waals surface area contributed by atoms with Crippen molar-refractivity contribution in [3.63, 3.8) is 0 Å². The molecule has 2 N–H and O–H groups in total. The molecule has 0 saturated heterocycles. The van der Waals surface area contributed by atoms with E-state index in [1.165, 1.54) is 51.1 Å². The Morgan fingerprint density at radius 1 is 1.15 bits per heavy atom. The van der Waals surface area contributed by atoms with Gasteiger partial charge in [0.1, 0.15) is 5.82 Å². The van der Waals surface area contributed by atoms with Crippen LogP contribution in [0.4, 0.5) is 19.1 Å². The van der Waals surface area contributed by atoms with Crippen LogP contribution in [-0.2, 0) is 17.4 Å². The highest BCUT2D eigenvalue weighted by Crippen LogP contribution is 2.33. The minimum atomic E-state index is -2.67. The summed E-state index contributed by atoms with van der Waals surface area (Å²) in [5.74, 6) is -0.951. The zero-order valence-electron chi connectivity index (χ0n) is 17.3. The number of aromatic amines is 1. The van der Waals surface area contributed by atoms with Crippen LogP contribution in [0.3, 0.4) is 0 Å². The molecule has 0 spiro atoms. The molecule has 0 radical (unpaired) electrons. The number of benzene rings is 1. The van der Waals surface area contributed by atoms with Crippen molar-refractivity contribution in [2.45, 2.75) is 17.7 Å². The number of H-pyrrole nitrogens is 1. The number of rotatable bonds is 8. The Bertz CT molecular complexity index is 1290. The van der Waals surface area contributed by atoms with E-state index in [1.807, 2.05) is 0 Å². The molecule has 0 bridgehead atoms. The molecule has 1 atom stereocenters. The van der Waals surface area contributed by atoms with Crippen LogP contribution in [-0.4, -0.2) is 49.8 Å². The Kier molecular flexibility index (Phi) is 6.40. The lowest BCUT2D eigenvalue weighted by atomic mass is 10.1. The molecule has 9 nitrogen and oxygen atoms in total. The fourth-order valence-corrected chi connectivity index (χ4v) is 4.18. The zero-order chi connectivity index (χ0) is 23.5. The molecule has 0 saturated carbocycles. The number of nitrogens with one attached hydrogen (secondary N) is 2. The van der Waals surface area contributed by atoms with Crippen molar-refractivity contribution in [3.8, 4) is 23.0 Å². The van der Waals surface area contributed by atoms with E-state index in [0.717, 1.165) is 0 Å². The van der Waals surface area contributed by atoms with Crippen LogP contribution in [0.5, 0.6) is 11.8 Å². The summed E-state index contributed by atoms with van der Waals surface area (Å²) in [7, 11) is 0.616. The van der Waals surface area contributed by atoms with E-state index in [4.69, 9.17) is 9.47 Å². The first kappa shape index (κ1) is 22.5. The molecular formula is C20H17F3N6O3S. The average Bonchev–Trinajstić information content (AvgIpc) is 3.24. The monoisotopic (exact) mass is 478 g/mol. The SMILES string of the molecule is COc1nc(NS(=O)c2c[nH]c3c(-c4cnccn4)c(F)ccc23)nc(OC)c1CC(F)F. The van der Waals surface area contributed by atoms with E-state index < -0.39 is 29.6 Å². The molecule has 0 fully saturated rings. The first-order valence-electron chi connectivity index (χ1n) is 9.44. The Morgan fingerprint density at radius 2 is 1.88 bits per heavy atom. The van der Waals surface area contributed by atoms with E-state index in [0.29, 0.717) is 16.6 Å². The average molecular weight is 478 g/mol. The summed E-state index contributed by atoms with van der Waals surface area (Å²) >= 11 is 0. The summed E-state index contributed by atoms with van der Waals surface area (Å²) in [5.41, 5.74) is 0.853. The molecular weight excluding hydrogens is 461 g/mol. The largest absolute Gasteiger partial charge is 0.481 e. The molecule has 0 aliphatic heterocycles. The maximum atomic E-state index is 14.6. The van der Waals surface area contributed by atoms with Gasteiger partial charge in [0.05, 0.1) is 47.6 Å². The minimum absolute atomic E-state index is 0.0116. The molecule has 4 aromatic rings. The second-order valence-corrected chi connectivity index (χ2v) is 7.78. The summed E-state index contributed by atoms with van der Waals surface area (Å²) in [6.45, 7) is 0. The summed E-state index contributed by atoms with van der Waals surface area (Å²) in [6.07, 6.45) is 2.44. The highest BCUT2D eigenvalue weighted by molar-refractivity contribution is 7.86. The third kappa shape index (κ3) is 4.44. The van der Waals surface area contributed by atoms with Crippen LogP contribution in [0.1, 0.15) is 5.56 Å². The number of aromatic nitrogens is 5.